The van der Waals surface area contributed by atoms with Crippen molar-refractivity contribution in [2.45, 2.75) is 51.5 Å². The molecule has 0 amide bonds. The summed E-state index contributed by atoms with van der Waals surface area (Å²) in [5, 5.41) is 10.5. The van der Waals surface area contributed by atoms with Crippen LogP contribution < -0.4 is 4.90 Å². The number of hydrogen-bond donors (Lipinski definition) is 1. The quantitative estimate of drug-likeness (QED) is 0.415. The number of aliphatic imine (C=N–C) groups is 1. The van der Waals surface area contributed by atoms with Gasteiger partial charge in [0, 0.05) is 48.5 Å². The number of amidine groups is 1. The lowest BCUT2D eigenvalue weighted by Gasteiger charge is -2.40. The minimum atomic E-state index is -1.17. The van der Waals surface area contributed by atoms with Crippen LogP contribution in [0, 0.1) is 17.5 Å². The summed E-state index contributed by atoms with van der Waals surface area (Å²) in [6.45, 7) is 5.43. The first-order valence-corrected chi connectivity index (χ1v) is 14.4. The molecule has 6 nitrogen and oxygen atoms in total. The van der Waals surface area contributed by atoms with Gasteiger partial charge in [-0.3, -0.25) is 9.89 Å². The first kappa shape index (κ1) is 28.5. The molecule has 2 aromatic carbocycles. The van der Waals surface area contributed by atoms with Crippen LogP contribution in [-0.2, 0) is 4.79 Å². The van der Waals surface area contributed by atoms with Gasteiger partial charge in [0.1, 0.15) is 29.3 Å². The summed E-state index contributed by atoms with van der Waals surface area (Å²) in [7, 11) is 0. The lowest BCUT2D eigenvalue weighted by atomic mass is 9.92. The molecule has 0 aromatic heterocycles. The highest BCUT2D eigenvalue weighted by Crippen LogP contribution is 2.41. The van der Waals surface area contributed by atoms with E-state index in [2.05, 4.69) is 4.90 Å². The summed E-state index contributed by atoms with van der Waals surface area (Å²) in [6, 6.07) is 4.84. The normalized spacial score (nSPS) is 20.6. The van der Waals surface area contributed by atoms with Gasteiger partial charge in [0.05, 0.1) is 16.8 Å². The zero-order valence-corrected chi connectivity index (χ0v) is 23.4. The summed E-state index contributed by atoms with van der Waals surface area (Å²) in [5.74, 6) is -2.96. The van der Waals surface area contributed by atoms with E-state index in [0.717, 1.165) is 63.7 Å². The number of nitrogens with zero attached hydrogens (tertiary/aromatic N) is 4. The molecule has 10 heteroatoms. The first-order chi connectivity index (χ1) is 19.3. The molecule has 2 fully saturated rings. The fraction of sp³-hybridized carbons (Fsp3) is 0.467. The van der Waals surface area contributed by atoms with E-state index < -0.39 is 29.5 Å². The Balaban J connectivity index is 1.73. The van der Waals surface area contributed by atoms with Gasteiger partial charge in [-0.2, -0.15) is 0 Å². The molecule has 0 saturated carbocycles. The highest BCUT2D eigenvalue weighted by Gasteiger charge is 2.39. The van der Waals surface area contributed by atoms with E-state index >= 15 is 4.39 Å². The molecule has 0 aliphatic carbocycles. The maximum absolute atomic E-state index is 15.9. The summed E-state index contributed by atoms with van der Waals surface area (Å²) >= 11 is 6.46. The molecule has 1 N–H and O–H groups in total. The third kappa shape index (κ3) is 5.72. The summed E-state index contributed by atoms with van der Waals surface area (Å²) in [4.78, 5) is 23.6. The third-order valence-corrected chi connectivity index (χ3v) is 8.32. The Morgan fingerprint density at radius 3 is 2.27 bits per heavy atom. The van der Waals surface area contributed by atoms with Gasteiger partial charge in [-0.05, 0) is 70.3 Å². The van der Waals surface area contributed by atoms with Crippen LogP contribution in [0.25, 0.3) is 0 Å². The van der Waals surface area contributed by atoms with Gasteiger partial charge in [-0.25, -0.2) is 18.0 Å². The van der Waals surface area contributed by atoms with Gasteiger partial charge in [0.25, 0.3) is 0 Å². The first-order valence-electron chi connectivity index (χ1n) is 14.0. The minimum absolute atomic E-state index is 0.0201. The average Bonchev–Trinajstić information content (AvgIpc) is 2.93. The monoisotopic (exact) mass is 574 g/mol. The topological polar surface area (TPSA) is 59.4 Å². The molecule has 0 spiro atoms. The van der Waals surface area contributed by atoms with Crippen LogP contribution in [0.1, 0.15) is 62.6 Å². The molecule has 3 aliphatic heterocycles. The predicted molar refractivity (Wildman–Crippen MR) is 150 cm³/mol. The van der Waals surface area contributed by atoms with Crippen LogP contribution in [0.5, 0.6) is 0 Å². The molecule has 5 rings (SSSR count). The van der Waals surface area contributed by atoms with Crippen LogP contribution >= 0.6 is 11.6 Å². The molecule has 1 unspecified atom stereocenters. The Bertz CT molecular complexity index is 1340. The molecule has 214 valence electrons. The third-order valence-electron chi connectivity index (χ3n) is 8.00. The van der Waals surface area contributed by atoms with E-state index in [4.69, 9.17) is 16.6 Å². The number of hydrogen-bond acceptors (Lipinski definition) is 5. The van der Waals surface area contributed by atoms with Crippen molar-refractivity contribution in [1.29, 1.82) is 0 Å². The molecule has 3 aliphatic rings. The maximum atomic E-state index is 15.9. The molecular formula is C30H34ClF3N4O2. The number of likely N-dealkylation sites (N-methyl/N-ethyl adjacent to an activating group) is 1. The van der Waals surface area contributed by atoms with Crippen LogP contribution in [0.15, 0.2) is 46.6 Å². The Morgan fingerprint density at radius 1 is 0.975 bits per heavy atom. The van der Waals surface area contributed by atoms with Crippen molar-refractivity contribution in [3.05, 3.63) is 75.2 Å². The van der Waals surface area contributed by atoms with E-state index in [1.54, 1.807) is 4.90 Å². The SMILES string of the molecule is CCN1C(c2c(F)cc(F)cc2N2CCCCC2)=NC(c2ccc(F)cc2Cl)C(C(=O)O)=C1CN1CCCCC1. The molecule has 2 aromatic rings. The number of halogens is 4. The zero-order chi connectivity index (χ0) is 28.4. The summed E-state index contributed by atoms with van der Waals surface area (Å²) < 4.78 is 44.5. The standard InChI is InChI=1S/C30H34ClF3N4O2/c1-2-38-25(18-36-11-5-3-6-12-36)27(30(39)40)28(21-10-9-19(32)15-22(21)31)35-29(38)26-23(34)16-20(33)17-24(26)37-13-7-4-8-14-37/h9-10,15-17,28H,2-8,11-14,18H2,1H3,(H,39,40). The number of anilines is 1. The fourth-order valence-corrected chi connectivity index (χ4v) is 6.35. The van der Waals surface area contributed by atoms with Crippen molar-refractivity contribution < 1.29 is 23.1 Å². The van der Waals surface area contributed by atoms with Crippen molar-refractivity contribution in [2.75, 3.05) is 44.2 Å². The number of rotatable bonds is 7. The lowest BCUT2D eigenvalue weighted by molar-refractivity contribution is -0.133. The van der Waals surface area contributed by atoms with Gasteiger partial charge < -0.3 is 14.9 Å². The maximum Gasteiger partial charge on any atom is 0.335 e. The number of carbonyl (C=O) groups is 1. The lowest BCUT2D eigenvalue weighted by Crippen LogP contribution is -2.44. The largest absolute Gasteiger partial charge is 0.478 e. The Kier molecular flexibility index (Phi) is 8.71. The summed E-state index contributed by atoms with van der Waals surface area (Å²) in [5.41, 5.74) is 1.35. The number of benzene rings is 2. The second-order valence-electron chi connectivity index (χ2n) is 10.6. The molecule has 1 atom stereocenters. The number of carboxylic acid groups (broad SMARTS) is 1. The number of likely N-dealkylation sites (tertiary alicyclic amines) is 1. The Morgan fingerprint density at radius 2 is 1.65 bits per heavy atom. The summed E-state index contributed by atoms with van der Waals surface area (Å²) in [6.07, 6.45) is 5.96. The second kappa shape index (κ2) is 12.2. The van der Waals surface area contributed by atoms with Crippen LogP contribution in [-0.4, -0.2) is 66.0 Å². The van der Waals surface area contributed by atoms with Crippen LogP contribution in [0.4, 0.5) is 18.9 Å². The van der Waals surface area contributed by atoms with Crippen molar-refractivity contribution in [2.24, 2.45) is 4.99 Å². The van der Waals surface area contributed by atoms with Crippen LogP contribution in [0.2, 0.25) is 5.02 Å². The van der Waals surface area contributed by atoms with E-state index in [9.17, 15) is 18.7 Å². The Labute approximate surface area is 237 Å². The highest BCUT2D eigenvalue weighted by atomic mass is 35.5. The van der Waals surface area contributed by atoms with Gasteiger partial charge in [0.2, 0.25) is 0 Å². The van der Waals surface area contributed by atoms with Gasteiger partial charge >= 0.3 is 5.97 Å². The van der Waals surface area contributed by atoms with Crippen molar-refractivity contribution >= 4 is 29.1 Å². The predicted octanol–water partition coefficient (Wildman–Crippen LogP) is 6.40. The van der Waals surface area contributed by atoms with E-state index in [-0.39, 0.29) is 22.0 Å². The minimum Gasteiger partial charge on any atom is -0.478 e. The van der Waals surface area contributed by atoms with Crippen LogP contribution in [0.3, 0.4) is 0 Å². The second-order valence-corrected chi connectivity index (χ2v) is 11.0. The van der Waals surface area contributed by atoms with E-state index in [1.165, 1.54) is 18.2 Å². The van der Waals surface area contributed by atoms with E-state index in [0.29, 0.717) is 43.1 Å². The molecular weight excluding hydrogens is 541 g/mol. The van der Waals surface area contributed by atoms with Crippen molar-refractivity contribution in [1.82, 2.24) is 9.80 Å². The number of piperidine rings is 2. The van der Waals surface area contributed by atoms with Gasteiger partial charge in [0.15, 0.2) is 0 Å². The molecule has 0 bridgehead atoms. The molecule has 2 saturated heterocycles. The smallest absolute Gasteiger partial charge is 0.335 e. The fourth-order valence-electron chi connectivity index (χ4n) is 6.08. The number of aliphatic carboxylic acids is 1. The average molecular weight is 575 g/mol. The zero-order valence-electron chi connectivity index (χ0n) is 22.6. The van der Waals surface area contributed by atoms with E-state index in [1.807, 2.05) is 11.8 Å². The van der Waals surface area contributed by atoms with Crippen molar-refractivity contribution in [3.63, 3.8) is 0 Å². The van der Waals surface area contributed by atoms with Crippen molar-refractivity contribution in [3.8, 4) is 0 Å². The highest BCUT2D eigenvalue weighted by molar-refractivity contribution is 6.31. The van der Waals surface area contributed by atoms with Gasteiger partial charge in [-0.1, -0.05) is 24.1 Å². The number of carboxylic acids is 1. The van der Waals surface area contributed by atoms with Gasteiger partial charge in [-0.15, -0.1) is 0 Å². The Hall–Kier alpha value is -3.04. The molecule has 3 heterocycles. The molecule has 40 heavy (non-hydrogen) atoms. The molecule has 0 radical (unpaired) electrons.